The summed E-state index contributed by atoms with van der Waals surface area (Å²) in [5, 5.41) is 15.7. The fraction of sp³-hybridized carbons (Fsp3) is 0.517. The van der Waals surface area contributed by atoms with Crippen LogP contribution >= 0.6 is 11.6 Å². The molecule has 42 heavy (non-hydrogen) atoms. The Bertz CT molecular complexity index is 1260. The van der Waals surface area contributed by atoms with Crippen molar-refractivity contribution in [2.75, 3.05) is 42.9 Å². The van der Waals surface area contributed by atoms with Crippen LogP contribution in [0, 0.1) is 17.6 Å². The lowest BCUT2D eigenvalue weighted by atomic mass is 9.85. The summed E-state index contributed by atoms with van der Waals surface area (Å²) in [6.45, 7) is 1.02. The zero-order chi connectivity index (χ0) is 30.4. The molecule has 1 saturated carbocycles. The van der Waals surface area contributed by atoms with Crippen LogP contribution in [-0.2, 0) is 11.3 Å². The average molecular weight is 617 g/mol. The van der Waals surface area contributed by atoms with E-state index in [0.717, 1.165) is 38.2 Å². The topological polar surface area (TPSA) is 84.9 Å². The van der Waals surface area contributed by atoms with E-state index in [2.05, 4.69) is 10.6 Å². The predicted octanol–water partition coefficient (Wildman–Crippen LogP) is 5.50. The molecule has 2 aromatic rings. The van der Waals surface area contributed by atoms with Crippen LogP contribution in [0.15, 0.2) is 30.3 Å². The first-order chi connectivity index (χ1) is 19.9. The second kappa shape index (κ2) is 14.0. The van der Waals surface area contributed by atoms with Crippen LogP contribution in [0.3, 0.4) is 0 Å². The first-order valence-electron chi connectivity index (χ1n) is 14.0. The highest BCUT2D eigenvalue weighted by molar-refractivity contribution is 6.31. The number of carbonyl (C=O) groups excluding carboxylic acids is 2. The molecule has 1 atom stereocenters. The third-order valence-corrected chi connectivity index (χ3v) is 8.09. The standard InChI is InChI=1S/C29H34ClF5N4O3/c30-20-7-9-22(23(16-20)39-14-12-38(13-15-39)11-10-29(33,34)35)37-27(41)21-8-6-19(24(31)25(21)32)17-36-28(42)26(40)18-4-2-1-3-5-18/h6-9,16,18,26,40H,1-5,10-15,17H2,(H,36,42)(H,37,41). The zero-order valence-corrected chi connectivity index (χ0v) is 23.7. The van der Waals surface area contributed by atoms with Gasteiger partial charge in [0.25, 0.3) is 5.91 Å². The van der Waals surface area contributed by atoms with Crippen molar-refractivity contribution in [1.82, 2.24) is 10.2 Å². The summed E-state index contributed by atoms with van der Waals surface area (Å²) in [5.74, 6) is -4.41. The van der Waals surface area contributed by atoms with Gasteiger partial charge in [-0.25, -0.2) is 8.78 Å². The normalized spacial score (nSPS) is 17.6. The minimum Gasteiger partial charge on any atom is -0.383 e. The number of carbonyl (C=O) groups is 2. The Morgan fingerprint density at radius 1 is 1.00 bits per heavy atom. The Kier molecular flexibility index (Phi) is 10.7. The number of piperazine rings is 1. The Hall–Kier alpha value is -2.96. The number of anilines is 2. The average Bonchev–Trinajstić information content (AvgIpc) is 2.97. The van der Waals surface area contributed by atoms with E-state index in [1.807, 2.05) is 4.90 Å². The van der Waals surface area contributed by atoms with E-state index in [-0.39, 0.29) is 30.3 Å². The van der Waals surface area contributed by atoms with E-state index >= 15 is 0 Å². The Morgan fingerprint density at radius 3 is 2.36 bits per heavy atom. The molecule has 0 aromatic heterocycles. The maximum atomic E-state index is 15.0. The summed E-state index contributed by atoms with van der Waals surface area (Å²) in [5.41, 5.74) is 0.0514. The van der Waals surface area contributed by atoms with Gasteiger partial charge < -0.3 is 20.6 Å². The number of halogens is 6. The van der Waals surface area contributed by atoms with Crippen LogP contribution in [0.4, 0.5) is 33.3 Å². The molecular formula is C29H34ClF5N4O3. The van der Waals surface area contributed by atoms with Gasteiger partial charge in [-0.15, -0.1) is 0 Å². The first kappa shape index (κ1) is 32.0. The summed E-state index contributed by atoms with van der Waals surface area (Å²) < 4.78 is 67.6. The Labute approximate surface area is 246 Å². The molecule has 1 unspecified atom stereocenters. The van der Waals surface area contributed by atoms with Gasteiger partial charge in [-0.3, -0.25) is 14.5 Å². The minimum absolute atomic E-state index is 0.109. The summed E-state index contributed by atoms with van der Waals surface area (Å²) in [4.78, 5) is 28.9. The highest BCUT2D eigenvalue weighted by Crippen LogP contribution is 2.32. The number of aliphatic hydroxyl groups is 1. The van der Waals surface area contributed by atoms with Gasteiger partial charge in [0.05, 0.1) is 23.4 Å². The number of nitrogens with one attached hydrogen (secondary N) is 2. The monoisotopic (exact) mass is 616 g/mol. The SMILES string of the molecule is O=C(Nc1ccc(Cl)cc1N1CCN(CCC(F)(F)F)CC1)c1ccc(CNC(=O)C(O)C2CCCCC2)c(F)c1F. The van der Waals surface area contributed by atoms with E-state index in [1.54, 1.807) is 11.0 Å². The van der Waals surface area contributed by atoms with E-state index in [9.17, 15) is 36.6 Å². The van der Waals surface area contributed by atoms with E-state index in [0.29, 0.717) is 36.9 Å². The summed E-state index contributed by atoms with van der Waals surface area (Å²) in [7, 11) is 0. The number of hydrogen-bond donors (Lipinski definition) is 3. The first-order valence-corrected chi connectivity index (χ1v) is 14.4. The van der Waals surface area contributed by atoms with Crippen molar-refractivity contribution in [3.63, 3.8) is 0 Å². The lowest BCUT2D eigenvalue weighted by Crippen LogP contribution is -2.47. The lowest BCUT2D eigenvalue weighted by Gasteiger charge is -2.37. The lowest BCUT2D eigenvalue weighted by molar-refractivity contribution is -0.138. The number of nitrogens with zero attached hydrogens (tertiary/aromatic N) is 2. The van der Waals surface area contributed by atoms with E-state index in [1.165, 1.54) is 18.2 Å². The zero-order valence-electron chi connectivity index (χ0n) is 23.0. The summed E-state index contributed by atoms with van der Waals surface area (Å²) in [6, 6.07) is 6.93. The van der Waals surface area contributed by atoms with Gasteiger partial charge in [0.1, 0.15) is 6.10 Å². The molecule has 0 radical (unpaired) electrons. The van der Waals surface area contributed by atoms with Crippen molar-refractivity contribution in [3.05, 3.63) is 58.1 Å². The second-order valence-corrected chi connectivity index (χ2v) is 11.2. The molecule has 0 bridgehead atoms. The highest BCUT2D eigenvalue weighted by Gasteiger charge is 2.30. The summed E-state index contributed by atoms with van der Waals surface area (Å²) in [6.07, 6.45) is -1.99. The molecule has 1 aliphatic heterocycles. The van der Waals surface area contributed by atoms with Gasteiger partial charge in [-0.05, 0) is 43.0 Å². The third kappa shape index (κ3) is 8.32. The van der Waals surface area contributed by atoms with Gasteiger partial charge in [-0.2, -0.15) is 13.2 Å². The molecule has 1 saturated heterocycles. The van der Waals surface area contributed by atoms with E-state index < -0.39 is 47.7 Å². The molecular weight excluding hydrogens is 583 g/mol. The highest BCUT2D eigenvalue weighted by atomic mass is 35.5. The summed E-state index contributed by atoms with van der Waals surface area (Å²) >= 11 is 6.17. The van der Waals surface area contributed by atoms with Crippen molar-refractivity contribution in [2.24, 2.45) is 5.92 Å². The fourth-order valence-corrected chi connectivity index (χ4v) is 5.58. The molecule has 1 heterocycles. The predicted molar refractivity (Wildman–Crippen MR) is 150 cm³/mol. The van der Waals surface area contributed by atoms with Crippen LogP contribution in [0.1, 0.15) is 54.4 Å². The maximum absolute atomic E-state index is 15.0. The minimum atomic E-state index is -4.24. The van der Waals surface area contributed by atoms with Crippen LogP contribution < -0.4 is 15.5 Å². The smallest absolute Gasteiger partial charge is 0.383 e. The van der Waals surface area contributed by atoms with E-state index in [4.69, 9.17) is 11.6 Å². The molecule has 3 N–H and O–H groups in total. The third-order valence-electron chi connectivity index (χ3n) is 7.86. The molecule has 7 nitrogen and oxygen atoms in total. The van der Waals surface area contributed by atoms with Crippen molar-refractivity contribution in [3.8, 4) is 0 Å². The number of benzene rings is 2. The van der Waals surface area contributed by atoms with Gasteiger partial charge in [0.15, 0.2) is 11.6 Å². The number of aliphatic hydroxyl groups excluding tert-OH is 1. The van der Waals surface area contributed by atoms with Crippen LogP contribution in [-0.4, -0.2) is 66.8 Å². The van der Waals surface area contributed by atoms with Crippen LogP contribution in [0.25, 0.3) is 0 Å². The molecule has 2 aromatic carbocycles. The van der Waals surface area contributed by atoms with Crippen LogP contribution in [0.5, 0.6) is 0 Å². The number of rotatable bonds is 9. The Balaban J connectivity index is 1.39. The number of amides is 2. The van der Waals surface area contributed by atoms with Gasteiger partial charge >= 0.3 is 6.18 Å². The molecule has 13 heteroatoms. The van der Waals surface area contributed by atoms with Crippen molar-refractivity contribution in [2.45, 2.75) is 57.3 Å². The van der Waals surface area contributed by atoms with Crippen LogP contribution in [0.2, 0.25) is 5.02 Å². The molecule has 4 rings (SSSR count). The van der Waals surface area contributed by atoms with Crippen molar-refractivity contribution < 1.29 is 36.6 Å². The molecule has 2 aliphatic rings. The number of hydrogen-bond acceptors (Lipinski definition) is 5. The quantitative estimate of drug-likeness (QED) is 0.324. The van der Waals surface area contributed by atoms with Crippen molar-refractivity contribution in [1.29, 1.82) is 0 Å². The molecule has 1 aliphatic carbocycles. The fourth-order valence-electron chi connectivity index (χ4n) is 5.41. The second-order valence-electron chi connectivity index (χ2n) is 10.8. The van der Waals surface area contributed by atoms with Gasteiger partial charge in [0.2, 0.25) is 5.91 Å². The molecule has 2 fully saturated rings. The maximum Gasteiger partial charge on any atom is 0.390 e. The van der Waals surface area contributed by atoms with Crippen molar-refractivity contribution >= 4 is 34.8 Å². The molecule has 230 valence electrons. The largest absolute Gasteiger partial charge is 0.390 e. The van der Waals surface area contributed by atoms with Gasteiger partial charge in [-0.1, -0.05) is 36.9 Å². The van der Waals surface area contributed by atoms with Gasteiger partial charge in [0, 0.05) is 49.9 Å². The molecule has 0 spiro atoms. The number of alkyl halides is 3. The Morgan fingerprint density at radius 2 is 1.69 bits per heavy atom. The molecule has 2 amide bonds.